The lowest BCUT2D eigenvalue weighted by Crippen LogP contribution is -2.57. The van der Waals surface area contributed by atoms with Gasteiger partial charge in [0.2, 0.25) is 0 Å². The standard InChI is InChI=1S/C22H23N3O/c1-25(2,21(22(23)26)16-17-6-4-3-5-7-17)20-10-8-18(9-11-20)19-12-14-24-15-13-19/h3-15,21H,16H2,1-2H3,(H-,23,26)/p+1/t21-/m1/s1. The Morgan fingerprint density at radius 2 is 1.50 bits per heavy atom. The number of nitrogens with two attached hydrogens (primary N) is 1. The Labute approximate surface area is 154 Å². The fourth-order valence-electron chi connectivity index (χ4n) is 3.25. The van der Waals surface area contributed by atoms with E-state index in [9.17, 15) is 4.79 Å². The maximum Gasteiger partial charge on any atom is 0.276 e. The highest BCUT2D eigenvalue weighted by Crippen LogP contribution is 2.28. The Kier molecular flexibility index (Phi) is 5.14. The summed E-state index contributed by atoms with van der Waals surface area (Å²) in [4.78, 5) is 16.3. The Morgan fingerprint density at radius 1 is 0.923 bits per heavy atom. The number of benzene rings is 2. The van der Waals surface area contributed by atoms with Crippen LogP contribution < -0.4 is 10.2 Å². The van der Waals surface area contributed by atoms with Crippen molar-refractivity contribution in [3.05, 3.63) is 84.7 Å². The summed E-state index contributed by atoms with van der Waals surface area (Å²) in [7, 11) is 4.06. The van der Waals surface area contributed by atoms with Crippen molar-refractivity contribution in [3.63, 3.8) is 0 Å². The molecule has 0 aliphatic heterocycles. The van der Waals surface area contributed by atoms with E-state index in [2.05, 4.69) is 29.2 Å². The third-order valence-electron chi connectivity index (χ3n) is 4.93. The first kappa shape index (κ1) is 17.8. The predicted molar refractivity (Wildman–Crippen MR) is 106 cm³/mol. The molecule has 1 heterocycles. The zero-order valence-corrected chi connectivity index (χ0v) is 15.2. The van der Waals surface area contributed by atoms with E-state index in [0.29, 0.717) is 10.9 Å². The van der Waals surface area contributed by atoms with Gasteiger partial charge in [-0.1, -0.05) is 30.3 Å². The van der Waals surface area contributed by atoms with Crippen molar-refractivity contribution in [2.45, 2.75) is 12.5 Å². The number of carbonyl (C=O) groups is 1. The highest BCUT2D eigenvalue weighted by Gasteiger charge is 2.35. The first-order valence-corrected chi connectivity index (χ1v) is 8.66. The van der Waals surface area contributed by atoms with Crippen molar-refractivity contribution in [3.8, 4) is 11.1 Å². The molecule has 0 bridgehead atoms. The van der Waals surface area contributed by atoms with Crippen LogP contribution in [0.3, 0.4) is 0 Å². The van der Waals surface area contributed by atoms with Gasteiger partial charge in [0.25, 0.3) is 5.91 Å². The van der Waals surface area contributed by atoms with E-state index in [0.717, 1.165) is 22.4 Å². The minimum atomic E-state index is -0.343. The lowest BCUT2D eigenvalue weighted by molar-refractivity contribution is -0.122. The molecule has 0 radical (unpaired) electrons. The van der Waals surface area contributed by atoms with Crippen molar-refractivity contribution >= 4 is 11.6 Å². The van der Waals surface area contributed by atoms with E-state index in [1.54, 1.807) is 12.4 Å². The zero-order valence-electron chi connectivity index (χ0n) is 15.2. The zero-order chi connectivity index (χ0) is 18.6. The fourth-order valence-corrected chi connectivity index (χ4v) is 3.25. The summed E-state index contributed by atoms with van der Waals surface area (Å²) < 4.78 is 0.404. The molecule has 2 aromatic carbocycles. The Hall–Kier alpha value is -2.98. The smallest absolute Gasteiger partial charge is 0.276 e. The van der Waals surface area contributed by atoms with Gasteiger partial charge >= 0.3 is 0 Å². The lowest BCUT2D eigenvalue weighted by atomic mass is 10.0. The van der Waals surface area contributed by atoms with Crippen LogP contribution in [0.15, 0.2) is 79.1 Å². The molecule has 132 valence electrons. The topological polar surface area (TPSA) is 56.0 Å². The van der Waals surface area contributed by atoms with Gasteiger partial charge in [-0.25, -0.2) is 0 Å². The fraction of sp³-hybridized carbons (Fsp3) is 0.182. The van der Waals surface area contributed by atoms with E-state index in [1.807, 2.05) is 56.6 Å². The molecule has 2 N–H and O–H groups in total. The lowest BCUT2D eigenvalue weighted by Gasteiger charge is -2.36. The van der Waals surface area contributed by atoms with Crippen molar-refractivity contribution in [1.82, 2.24) is 9.47 Å². The van der Waals surface area contributed by atoms with Crippen LogP contribution in [0.1, 0.15) is 5.56 Å². The number of quaternary nitrogens is 1. The van der Waals surface area contributed by atoms with Gasteiger partial charge in [-0.15, -0.1) is 0 Å². The van der Waals surface area contributed by atoms with Crippen LogP contribution in [-0.2, 0) is 11.2 Å². The summed E-state index contributed by atoms with van der Waals surface area (Å²) in [5.41, 5.74) is 10.2. The number of nitrogens with zero attached hydrogens (tertiary/aromatic N) is 2. The molecule has 0 aliphatic carbocycles. The third-order valence-corrected chi connectivity index (χ3v) is 4.93. The quantitative estimate of drug-likeness (QED) is 0.696. The van der Waals surface area contributed by atoms with Gasteiger partial charge in [-0.05, 0) is 53.1 Å². The number of likely N-dealkylation sites (N-methyl/N-ethyl adjacent to an activating group) is 1. The Balaban J connectivity index is 1.88. The molecule has 3 aromatic rings. The first-order chi connectivity index (χ1) is 12.5. The van der Waals surface area contributed by atoms with Gasteiger partial charge in [0.05, 0.1) is 14.1 Å². The second-order valence-electron chi connectivity index (χ2n) is 6.93. The molecule has 0 saturated carbocycles. The van der Waals surface area contributed by atoms with Crippen LogP contribution in [0.4, 0.5) is 5.69 Å². The molecule has 0 unspecified atom stereocenters. The van der Waals surface area contributed by atoms with Gasteiger partial charge in [-0.3, -0.25) is 14.3 Å². The van der Waals surface area contributed by atoms with E-state index >= 15 is 0 Å². The third kappa shape index (κ3) is 3.81. The number of hydrogen-bond donors (Lipinski definition) is 1. The molecule has 1 atom stereocenters. The van der Waals surface area contributed by atoms with E-state index < -0.39 is 0 Å². The summed E-state index contributed by atoms with van der Waals surface area (Å²) in [6, 6.07) is 21.9. The molecule has 3 rings (SSSR count). The summed E-state index contributed by atoms with van der Waals surface area (Å²) in [6.45, 7) is 0. The minimum absolute atomic E-state index is 0.294. The summed E-state index contributed by atoms with van der Waals surface area (Å²) in [5.74, 6) is -0.294. The number of carbonyl (C=O) groups excluding carboxylic acids is 1. The summed E-state index contributed by atoms with van der Waals surface area (Å²) in [5, 5.41) is 0. The number of aromatic nitrogens is 1. The molecule has 1 aromatic heterocycles. The van der Waals surface area contributed by atoms with Gasteiger partial charge in [0.15, 0.2) is 6.04 Å². The van der Waals surface area contributed by atoms with Crippen LogP contribution in [-0.4, -0.2) is 31.0 Å². The van der Waals surface area contributed by atoms with Crippen LogP contribution >= 0.6 is 0 Å². The molecular formula is C22H24N3O+. The van der Waals surface area contributed by atoms with E-state index in [1.165, 1.54) is 0 Å². The summed E-state index contributed by atoms with van der Waals surface area (Å²) >= 11 is 0. The van der Waals surface area contributed by atoms with Gasteiger partial charge in [0.1, 0.15) is 5.69 Å². The van der Waals surface area contributed by atoms with Crippen LogP contribution in [0.25, 0.3) is 11.1 Å². The molecule has 26 heavy (non-hydrogen) atoms. The molecule has 0 aliphatic rings. The molecular weight excluding hydrogens is 322 g/mol. The molecule has 1 amide bonds. The monoisotopic (exact) mass is 346 g/mol. The molecule has 4 heteroatoms. The van der Waals surface area contributed by atoms with E-state index in [4.69, 9.17) is 5.73 Å². The Bertz CT molecular complexity index is 859. The maximum atomic E-state index is 12.2. The molecule has 0 saturated heterocycles. The van der Waals surface area contributed by atoms with Crippen molar-refractivity contribution in [1.29, 1.82) is 0 Å². The van der Waals surface area contributed by atoms with E-state index in [-0.39, 0.29) is 11.9 Å². The predicted octanol–water partition coefficient (Wildman–Crippen LogP) is 3.41. The van der Waals surface area contributed by atoms with Gasteiger partial charge in [-0.2, -0.15) is 0 Å². The van der Waals surface area contributed by atoms with Crippen molar-refractivity contribution in [2.75, 3.05) is 14.1 Å². The molecule has 0 spiro atoms. The normalized spacial score (nSPS) is 12.5. The van der Waals surface area contributed by atoms with Crippen LogP contribution in [0.5, 0.6) is 0 Å². The highest BCUT2D eigenvalue weighted by molar-refractivity contribution is 5.82. The Morgan fingerprint density at radius 3 is 2.08 bits per heavy atom. The van der Waals surface area contributed by atoms with Gasteiger partial charge in [0, 0.05) is 18.8 Å². The van der Waals surface area contributed by atoms with Gasteiger partial charge < -0.3 is 5.73 Å². The van der Waals surface area contributed by atoms with Crippen molar-refractivity contribution in [2.24, 2.45) is 5.73 Å². The SMILES string of the molecule is C[N+](C)(c1ccc(-c2ccncc2)cc1)[C@H](Cc1ccccc1)C(N)=O. The number of hydrogen-bond acceptors (Lipinski definition) is 2. The van der Waals surface area contributed by atoms with Crippen molar-refractivity contribution < 1.29 is 4.79 Å². The highest BCUT2D eigenvalue weighted by atomic mass is 16.1. The number of pyridine rings is 1. The number of primary amides is 1. The second-order valence-corrected chi connectivity index (χ2v) is 6.93. The second kappa shape index (κ2) is 7.50. The number of amides is 1. The number of rotatable bonds is 6. The molecule has 0 fully saturated rings. The average molecular weight is 346 g/mol. The average Bonchev–Trinajstić information content (AvgIpc) is 2.67. The minimum Gasteiger partial charge on any atom is -0.364 e. The summed E-state index contributed by atoms with van der Waals surface area (Å²) in [6.07, 6.45) is 4.17. The molecule has 4 nitrogen and oxygen atoms in total. The van der Waals surface area contributed by atoms with Crippen LogP contribution in [0, 0.1) is 0 Å². The first-order valence-electron chi connectivity index (χ1n) is 8.66. The largest absolute Gasteiger partial charge is 0.364 e. The van der Waals surface area contributed by atoms with Crippen LogP contribution in [0.2, 0.25) is 0 Å². The maximum absolute atomic E-state index is 12.2.